The van der Waals surface area contributed by atoms with Gasteiger partial charge in [-0.3, -0.25) is 0 Å². The van der Waals surface area contributed by atoms with Crippen LogP contribution in [-0.2, 0) is 4.74 Å². The maximum atomic E-state index is 5.91. The van der Waals surface area contributed by atoms with Crippen molar-refractivity contribution in [3.8, 4) is 0 Å². The summed E-state index contributed by atoms with van der Waals surface area (Å²) in [5.74, 6) is 1.36. The summed E-state index contributed by atoms with van der Waals surface area (Å²) < 4.78 is 5.91. The highest BCUT2D eigenvalue weighted by Gasteiger charge is 2.28. The standard InChI is InChI=1S/C14H29NO/c1-5-13(6-2)15-10-12-8-7-9-16-14(12)11(3)4/h11-15H,5-10H2,1-4H3. The van der Waals surface area contributed by atoms with Gasteiger partial charge in [-0.25, -0.2) is 0 Å². The van der Waals surface area contributed by atoms with Gasteiger partial charge in [0.2, 0.25) is 0 Å². The van der Waals surface area contributed by atoms with Crippen molar-refractivity contribution in [2.45, 2.75) is 65.5 Å². The summed E-state index contributed by atoms with van der Waals surface area (Å²) in [6, 6.07) is 0.690. The molecule has 1 saturated heterocycles. The largest absolute Gasteiger partial charge is 0.378 e. The topological polar surface area (TPSA) is 21.3 Å². The molecule has 0 aliphatic carbocycles. The van der Waals surface area contributed by atoms with Gasteiger partial charge in [-0.05, 0) is 37.5 Å². The summed E-state index contributed by atoms with van der Waals surface area (Å²) in [4.78, 5) is 0. The van der Waals surface area contributed by atoms with E-state index in [1.165, 1.54) is 25.7 Å². The molecule has 0 aromatic rings. The van der Waals surface area contributed by atoms with Gasteiger partial charge in [0.1, 0.15) is 0 Å². The highest BCUT2D eigenvalue weighted by molar-refractivity contribution is 4.80. The zero-order chi connectivity index (χ0) is 12.0. The second-order valence-electron chi connectivity index (χ2n) is 5.40. The highest BCUT2D eigenvalue weighted by Crippen LogP contribution is 2.25. The average Bonchev–Trinajstić information content (AvgIpc) is 2.30. The summed E-state index contributed by atoms with van der Waals surface area (Å²) >= 11 is 0. The van der Waals surface area contributed by atoms with Crippen molar-refractivity contribution in [1.29, 1.82) is 0 Å². The lowest BCUT2D eigenvalue weighted by molar-refractivity contribution is -0.0522. The normalized spacial score (nSPS) is 26.6. The van der Waals surface area contributed by atoms with Crippen LogP contribution in [0.15, 0.2) is 0 Å². The van der Waals surface area contributed by atoms with Gasteiger partial charge in [0, 0.05) is 19.2 Å². The van der Waals surface area contributed by atoms with Gasteiger partial charge in [-0.15, -0.1) is 0 Å². The quantitative estimate of drug-likeness (QED) is 0.752. The highest BCUT2D eigenvalue weighted by atomic mass is 16.5. The molecule has 0 aromatic carbocycles. The Kier molecular flexibility index (Phi) is 6.37. The third kappa shape index (κ3) is 4.06. The van der Waals surface area contributed by atoms with Crippen LogP contribution >= 0.6 is 0 Å². The Balaban J connectivity index is 2.37. The molecule has 2 atom stereocenters. The van der Waals surface area contributed by atoms with Crippen LogP contribution in [0.3, 0.4) is 0 Å². The zero-order valence-electron chi connectivity index (χ0n) is 11.5. The van der Waals surface area contributed by atoms with Crippen LogP contribution in [0.4, 0.5) is 0 Å². The first-order chi connectivity index (χ1) is 7.69. The summed E-state index contributed by atoms with van der Waals surface area (Å²) in [7, 11) is 0. The molecule has 1 N–H and O–H groups in total. The smallest absolute Gasteiger partial charge is 0.0638 e. The molecule has 0 spiro atoms. The Morgan fingerprint density at radius 2 is 1.94 bits per heavy atom. The molecule has 1 aliphatic rings. The summed E-state index contributed by atoms with van der Waals surface area (Å²) in [6.07, 6.45) is 5.50. The number of hydrogen-bond acceptors (Lipinski definition) is 2. The SMILES string of the molecule is CCC(CC)NCC1CCCOC1C(C)C. The van der Waals surface area contributed by atoms with Crippen LogP contribution in [0.2, 0.25) is 0 Å². The molecular formula is C14H29NO. The van der Waals surface area contributed by atoms with Crippen LogP contribution in [0.5, 0.6) is 0 Å². The Labute approximate surface area is 101 Å². The molecule has 0 amide bonds. The van der Waals surface area contributed by atoms with Crippen molar-refractivity contribution >= 4 is 0 Å². The number of ether oxygens (including phenoxy) is 1. The molecule has 2 nitrogen and oxygen atoms in total. The fourth-order valence-electron chi connectivity index (χ4n) is 2.72. The first-order valence-corrected chi connectivity index (χ1v) is 7.04. The van der Waals surface area contributed by atoms with Crippen molar-refractivity contribution in [2.75, 3.05) is 13.2 Å². The minimum Gasteiger partial charge on any atom is -0.378 e. The van der Waals surface area contributed by atoms with Gasteiger partial charge in [-0.1, -0.05) is 27.7 Å². The van der Waals surface area contributed by atoms with E-state index in [4.69, 9.17) is 4.74 Å². The van der Waals surface area contributed by atoms with Crippen LogP contribution in [0, 0.1) is 11.8 Å². The predicted octanol–water partition coefficient (Wildman–Crippen LogP) is 3.22. The number of hydrogen-bond donors (Lipinski definition) is 1. The van der Waals surface area contributed by atoms with Crippen molar-refractivity contribution in [3.05, 3.63) is 0 Å². The van der Waals surface area contributed by atoms with E-state index in [1.54, 1.807) is 0 Å². The molecule has 96 valence electrons. The molecule has 0 bridgehead atoms. The van der Waals surface area contributed by atoms with Crippen LogP contribution in [-0.4, -0.2) is 25.3 Å². The molecule has 16 heavy (non-hydrogen) atoms. The first-order valence-electron chi connectivity index (χ1n) is 7.04. The lowest BCUT2D eigenvalue weighted by Gasteiger charge is -2.35. The Morgan fingerprint density at radius 3 is 2.50 bits per heavy atom. The van der Waals surface area contributed by atoms with Crippen molar-refractivity contribution in [2.24, 2.45) is 11.8 Å². The van der Waals surface area contributed by atoms with E-state index in [1.807, 2.05) is 0 Å². The molecule has 2 unspecified atom stereocenters. The average molecular weight is 227 g/mol. The van der Waals surface area contributed by atoms with E-state index in [0.29, 0.717) is 24.0 Å². The lowest BCUT2D eigenvalue weighted by Crippen LogP contribution is -2.42. The lowest BCUT2D eigenvalue weighted by atomic mass is 9.87. The van der Waals surface area contributed by atoms with Gasteiger partial charge >= 0.3 is 0 Å². The maximum absolute atomic E-state index is 5.91. The third-order valence-electron chi connectivity index (χ3n) is 3.81. The van der Waals surface area contributed by atoms with E-state index in [9.17, 15) is 0 Å². The van der Waals surface area contributed by atoms with Crippen LogP contribution in [0.1, 0.15) is 53.4 Å². The zero-order valence-corrected chi connectivity index (χ0v) is 11.5. The monoisotopic (exact) mass is 227 g/mol. The van der Waals surface area contributed by atoms with Gasteiger partial charge in [0.25, 0.3) is 0 Å². The van der Waals surface area contributed by atoms with Gasteiger partial charge in [-0.2, -0.15) is 0 Å². The van der Waals surface area contributed by atoms with Crippen molar-refractivity contribution in [3.63, 3.8) is 0 Å². The second-order valence-corrected chi connectivity index (χ2v) is 5.40. The van der Waals surface area contributed by atoms with E-state index in [2.05, 4.69) is 33.0 Å². The van der Waals surface area contributed by atoms with Gasteiger partial charge in [0.15, 0.2) is 0 Å². The third-order valence-corrected chi connectivity index (χ3v) is 3.81. The fourth-order valence-corrected chi connectivity index (χ4v) is 2.72. The number of rotatable bonds is 6. The molecule has 0 saturated carbocycles. The molecule has 2 heteroatoms. The van der Waals surface area contributed by atoms with E-state index in [-0.39, 0.29) is 0 Å². The van der Waals surface area contributed by atoms with Gasteiger partial charge in [0.05, 0.1) is 6.10 Å². The Bertz CT molecular complexity index is 178. The number of nitrogens with one attached hydrogen (secondary N) is 1. The Hall–Kier alpha value is -0.0800. The van der Waals surface area contributed by atoms with E-state index in [0.717, 1.165) is 13.2 Å². The molecule has 1 heterocycles. The van der Waals surface area contributed by atoms with Gasteiger partial charge < -0.3 is 10.1 Å². The van der Waals surface area contributed by atoms with E-state index >= 15 is 0 Å². The predicted molar refractivity (Wildman–Crippen MR) is 69.7 cm³/mol. The molecular weight excluding hydrogens is 198 g/mol. The minimum atomic E-state index is 0.468. The van der Waals surface area contributed by atoms with Crippen LogP contribution in [0.25, 0.3) is 0 Å². The minimum absolute atomic E-state index is 0.468. The molecule has 1 fully saturated rings. The summed E-state index contributed by atoms with van der Waals surface area (Å²) in [6.45, 7) is 11.2. The van der Waals surface area contributed by atoms with E-state index < -0.39 is 0 Å². The van der Waals surface area contributed by atoms with Crippen LogP contribution < -0.4 is 5.32 Å². The Morgan fingerprint density at radius 1 is 1.25 bits per heavy atom. The molecule has 1 aliphatic heterocycles. The second kappa shape index (κ2) is 7.29. The maximum Gasteiger partial charge on any atom is 0.0638 e. The summed E-state index contributed by atoms with van der Waals surface area (Å²) in [5.41, 5.74) is 0. The molecule has 1 rings (SSSR count). The van der Waals surface area contributed by atoms with Crippen molar-refractivity contribution in [1.82, 2.24) is 5.32 Å². The first kappa shape index (κ1) is 14.0. The summed E-state index contributed by atoms with van der Waals surface area (Å²) in [5, 5.41) is 3.69. The molecule has 0 aromatic heterocycles. The van der Waals surface area contributed by atoms with Crippen molar-refractivity contribution < 1.29 is 4.74 Å². The molecule has 0 radical (unpaired) electrons. The fraction of sp³-hybridized carbons (Fsp3) is 1.00.